The molecular weight excluding hydrogens is 476 g/mol. The molecule has 1 fully saturated rings. The molecule has 3 N–H and O–H groups in total. The van der Waals surface area contributed by atoms with Crippen molar-refractivity contribution in [2.24, 2.45) is 5.92 Å². The summed E-state index contributed by atoms with van der Waals surface area (Å²) < 4.78 is 0. The second-order valence-corrected chi connectivity index (χ2v) is 11.0. The Morgan fingerprint density at radius 1 is 1.25 bits per heavy atom. The van der Waals surface area contributed by atoms with Crippen LogP contribution in [0.4, 0.5) is 16.3 Å². The topological polar surface area (TPSA) is 102 Å². The minimum absolute atomic E-state index is 0.0958. The third-order valence-electron chi connectivity index (χ3n) is 6.64. The summed E-state index contributed by atoms with van der Waals surface area (Å²) in [6.07, 6.45) is 4.81. The number of urea groups is 1. The van der Waals surface area contributed by atoms with E-state index in [0.29, 0.717) is 18.1 Å². The van der Waals surface area contributed by atoms with Crippen LogP contribution in [0.5, 0.6) is 0 Å². The Labute approximate surface area is 218 Å². The highest BCUT2D eigenvalue weighted by Gasteiger charge is 2.24. The summed E-state index contributed by atoms with van der Waals surface area (Å²) >= 11 is 6.14. The Bertz CT molecular complexity index is 1160. The number of rotatable bonds is 8. The van der Waals surface area contributed by atoms with E-state index < -0.39 is 0 Å². The Morgan fingerprint density at radius 2 is 2.03 bits per heavy atom. The van der Waals surface area contributed by atoms with Gasteiger partial charge in [0.2, 0.25) is 5.28 Å². The molecular formula is C26H37ClN8O. The average molecular weight is 513 g/mol. The highest BCUT2D eigenvalue weighted by Crippen LogP contribution is 2.28. The summed E-state index contributed by atoms with van der Waals surface area (Å²) in [4.78, 5) is 32.9. The summed E-state index contributed by atoms with van der Waals surface area (Å²) in [6, 6.07) is 7.86. The smallest absolute Gasteiger partial charge is 0.319 e. The van der Waals surface area contributed by atoms with Crippen molar-refractivity contribution in [3.63, 3.8) is 0 Å². The quantitative estimate of drug-likeness (QED) is 0.299. The number of nitrogens with one attached hydrogen (secondary N) is 3. The second-order valence-electron chi connectivity index (χ2n) is 10.7. The van der Waals surface area contributed by atoms with Crippen molar-refractivity contribution in [1.29, 1.82) is 0 Å². The molecule has 3 heterocycles. The predicted octanol–water partition coefficient (Wildman–Crippen LogP) is 4.66. The number of aromatic nitrogens is 4. The highest BCUT2D eigenvalue weighted by atomic mass is 35.5. The number of carbonyl (C=O) groups excluding carboxylic acids is 1. The van der Waals surface area contributed by atoms with Gasteiger partial charge in [0.25, 0.3) is 0 Å². The number of halogens is 1. The Hall–Kier alpha value is -2.91. The highest BCUT2D eigenvalue weighted by molar-refractivity contribution is 6.28. The monoisotopic (exact) mass is 512 g/mol. The van der Waals surface area contributed by atoms with E-state index in [0.717, 1.165) is 56.0 Å². The first-order valence-electron chi connectivity index (χ1n) is 12.6. The molecule has 1 atom stereocenters. The molecule has 2 amide bonds. The molecule has 4 rings (SSSR count). The number of nitrogens with zero attached hydrogens (tertiary/aromatic N) is 5. The fourth-order valence-electron chi connectivity index (χ4n) is 4.74. The minimum atomic E-state index is -0.169. The van der Waals surface area contributed by atoms with Crippen molar-refractivity contribution < 1.29 is 4.79 Å². The molecule has 1 aliphatic heterocycles. The Kier molecular flexibility index (Phi) is 8.31. The third-order valence-corrected chi connectivity index (χ3v) is 6.81. The number of H-pyrrole nitrogens is 1. The number of hydrogen-bond acceptors (Lipinski definition) is 6. The Balaban J connectivity index is 1.18. The normalized spacial score (nSPS) is 16.5. The van der Waals surface area contributed by atoms with Crippen LogP contribution in [-0.4, -0.2) is 70.6 Å². The van der Waals surface area contributed by atoms with Crippen molar-refractivity contribution in [3.8, 4) is 0 Å². The standard InChI is InChI=1S/C26H37ClN8O/c1-26(2,3)19-8-10-20(11-9-19)31-25(36)28-12-6-13-34(4)15-18-7-5-14-35(16-18)23-21-22(30-17-29-21)32-24(27)33-23/h8-11,17-18H,5-7,12-16H2,1-4H3,(H2,28,31,36)(H,29,30,32,33). The van der Waals surface area contributed by atoms with E-state index in [-0.39, 0.29) is 16.7 Å². The van der Waals surface area contributed by atoms with Crippen LogP contribution in [-0.2, 0) is 5.41 Å². The molecule has 1 aliphatic rings. The molecule has 9 nitrogen and oxygen atoms in total. The number of fused-ring (bicyclic) bond motifs is 1. The number of anilines is 2. The zero-order chi connectivity index (χ0) is 25.7. The fourth-order valence-corrected chi connectivity index (χ4v) is 4.90. The summed E-state index contributed by atoms with van der Waals surface area (Å²) in [5.74, 6) is 1.36. The van der Waals surface area contributed by atoms with Gasteiger partial charge in [-0.1, -0.05) is 32.9 Å². The largest absolute Gasteiger partial charge is 0.354 e. The van der Waals surface area contributed by atoms with Gasteiger partial charge in [-0.2, -0.15) is 9.97 Å². The molecule has 0 spiro atoms. The lowest BCUT2D eigenvalue weighted by Gasteiger charge is -2.35. The molecule has 194 valence electrons. The van der Waals surface area contributed by atoms with E-state index in [1.165, 1.54) is 12.0 Å². The Morgan fingerprint density at radius 3 is 2.78 bits per heavy atom. The fraction of sp³-hybridized carbons (Fsp3) is 0.538. The van der Waals surface area contributed by atoms with Crippen molar-refractivity contribution in [2.45, 2.75) is 45.4 Å². The van der Waals surface area contributed by atoms with E-state index in [4.69, 9.17) is 11.6 Å². The van der Waals surface area contributed by atoms with Crippen molar-refractivity contribution >= 4 is 40.3 Å². The number of piperidine rings is 1. The van der Waals surface area contributed by atoms with Gasteiger partial charge >= 0.3 is 6.03 Å². The zero-order valence-corrected chi connectivity index (χ0v) is 22.4. The predicted molar refractivity (Wildman–Crippen MR) is 146 cm³/mol. The van der Waals surface area contributed by atoms with E-state index >= 15 is 0 Å². The van der Waals surface area contributed by atoms with Crippen LogP contribution in [0.2, 0.25) is 5.28 Å². The maximum absolute atomic E-state index is 12.3. The molecule has 0 aliphatic carbocycles. The number of hydrogen-bond donors (Lipinski definition) is 3. The maximum Gasteiger partial charge on any atom is 0.319 e. The first-order valence-corrected chi connectivity index (χ1v) is 13.0. The van der Waals surface area contributed by atoms with Crippen LogP contribution < -0.4 is 15.5 Å². The van der Waals surface area contributed by atoms with Gasteiger partial charge in [-0.3, -0.25) is 0 Å². The second kappa shape index (κ2) is 11.4. The molecule has 36 heavy (non-hydrogen) atoms. The molecule has 0 bridgehead atoms. The zero-order valence-electron chi connectivity index (χ0n) is 21.6. The summed E-state index contributed by atoms with van der Waals surface area (Å²) in [5, 5.41) is 6.10. The van der Waals surface area contributed by atoms with E-state index in [1.54, 1.807) is 6.33 Å². The average Bonchev–Trinajstić information content (AvgIpc) is 3.30. The lowest BCUT2D eigenvalue weighted by molar-refractivity contribution is 0.244. The van der Waals surface area contributed by atoms with E-state index in [9.17, 15) is 4.79 Å². The van der Waals surface area contributed by atoms with Crippen molar-refractivity contribution in [2.75, 3.05) is 50.0 Å². The first kappa shape index (κ1) is 26.2. The number of imidazole rings is 1. The van der Waals surface area contributed by atoms with Gasteiger partial charge < -0.3 is 25.4 Å². The van der Waals surface area contributed by atoms with Crippen LogP contribution in [0.3, 0.4) is 0 Å². The number of aromatic amines is 1. The number of carbonyl (C=O) groups is 1. The molecule has 1 aromatic carbocycles. The maximum atomic E-state index is 12.3. The van der Waals surface area contributed by atoms with Gasteiger partial charge in [-0.05, 0) is 73.5 Å². The van der Waals surface area contributed by atoms with E-state index in [2.05, 4.69) is 80.3 Å². The number of benzene rings is 1. The van der Waals surface area contributed by atoms with Gasteiger partial charge in [-0.25, -0.2) is 9.78 Å². The molecule has 0 saturated carbocycles. The molecule has 2 aromatic heterocycles. The SMILES string of the molecule is CN(CCCNC(=O)Nc1ccc(C(C)(C)C)cc1)CC1CCCN(c2nc(Cl)nc3nc[nH]c23)C1. The summed E-state index contributed by atoms with van der Waals surface area (Å²) in [7, 11) is 2.14. The van der Waals surface area contributed by atoms with Crippen LogP contribution in [0, 0.1) is 5.92 Å². The molecule has 3 aromatic rings. The van der Waals surface area contributed by atoms with Crippen LogP contribution in [0.15, 0.2) is 30.6 Å². The lowest BCUT2D eigenvalue weighted by Crippen LogP contribution is -2.41. The van der Waals surface area contributed by atoms with Gasteiger partial charge in [0.05, 0.1) is 6.33 Å². The third kappa shape index (κ3) is 6.85. The van der Waals surface area contributed by atoms with Crippen molar-refractivity contribution in [1.82, 2.24) is 30.2 Å². The molecule has 1 unspecified atom stereocenters. The summed E-state index contributed by atoms with van der Waals surface area (Å²) in [6.45, 7) is 10.9. The lowest BCUT2D eigenvalue weighted by atomic mass is 9.87. The molecule has 1 saturated heterocycles. The number of amides is 2. The van der Waals surface area contributed by atoms with Crippen LogP contribution >= 0.6 is 11.6 Å². The van der Waals surface area contributed by atoms with Gasteiger partial charge in [-0.15, -0.1) is 0 Å². The minimum Gasteiger partial charge on any atom is -0.354 e. The molecule has 10 heteroatoms. The van der Waals surface area contributed by atoms with E-state index in [1.807, 2.05) is 12.1 Å². The van der Waals surface area contributed by atoms with Crippen LogP contribution in [0.25, 0.3) is 11.2 Å². The first-order chi connectivity index (χ1) is 17.2. The van der Waals surface area contributed by atoms with Gasteiger partial charge in [0.15, 0.2) is 11.5 Å². The van der Waals surface area contributed by atoms with Gasteiger partial charge in [0, 0.05) is 31.9 Å². The van der Waals surface area contributed by atoms with Gasteiger partial charge in [0.1, 0.15) is 5.52 Å². The summed E-state index contributed by atoms with van der Waals surface area (Å²) in [5.41, 5.74) is 3.58. The van der Waals surface area contributed by atoms with Crippen molar-refractivity contribution in [3.05, 3.63) is 41.4 Å². The molecule has 0 radical (unpaired) electrons. The van der Waals surface area contributed by atoms with Crippen LogP contribution in [0.1, 0.15) is 45.6 Å².